The minimum atomic E-state index is -0.511. The lowest BCUT2D eigenvalue weighted by Gasteiger charge is -2.26. The van der Waals surface area contributed by atoms with Crippen molar-refractivity contribution in [2.45, 2.75) is 38.8 Å². The molecule has 30 heavy (non-hydrogen) atoms. The highest BCUT2D eigenvalue weighted by Gasteiger charge is 2.24. The van der Waals surface area contributed by atoms with Crippen LogP contribution in [0.4, 0.5) is 4.39 Å². The van der Waals surface area contributed by atoms with Crippen molar-refractivity contribution in [3.63, 3.8) is 0 Å². The van der Waals surface area contributed by atoms with Gasteiger partial charge in [0.2, 0.25) is 5.91 Å². The first-order chi connectivity index (χ1) is 14.5. The monoisotopic (exact) mass is 405 g/mol. The van der Waals surface area contributed by atoms with Crippen molar-refractivity contribution in [3.05, 3.63) is 101 Å². The fraction of sp³-hybridized carbons (Fsp3) is 0.280. The number of aromatic nitrogens is 1. The Morgan fingerprint density at radius 2 is 1.80 bits per heavy atom. The van der Waals surface area contributed by atoms with Gasteiger partial charge in [0, 0.05) is 25.0 Å². The molecule has 1 amide bonds. The van der Waals surface area contributed by atoms with Crippen molar-refractivity contribution in [1.29, 1.82) is 0 Å². The van der Waals surface area contributed by atoms with Gasteiger partial charge >= 0.3 is 0 Å². The summed E-state index contributed by atoms with van der Waals surface area (Å²) in [6.07, 6.45) is 3.42. The number of likely N-dealkylation sites (N-methyl/N-ethyl adjacent to an activating group) is 1. The first-order valence-corrected chi connectivity index (χ1v) is 10.2. The second-order valence-electron chi connectivity index (χ2n) is 7.53. The number of carbonyl (C=O) groups is 1. The van der Waals surface area contributed by atoms with Gasteiger partial charge in [-0.05, 0) is 61.1 Å². The van der Waals surface area contributed by atoms with Crippen molar-refractivity contribution in [2.24, 2.45) is 0 Å². The lowest BCUT2D eigenvalue weighted by molar-refractivity contribution is -0.123. The van der Waals surface area contributed by atoms with Crippen LogP contribution >= 0.6 is 0 Å². The van der Waals surface area contributed by atoms with Crippen LogP contribution in [0.15, 0.2) is 66.9 Å². The van der Waals surface area contributed by atoms with E-state index in [1.165, 1.54) is 6.07 Å². The maximum Gasteiger partial charge on any atom is 0.241 e. The van der Waals surface area contributed by atoms with Crippen molar-refractivity contribution >= 4 is 5.91 Å². The molecule has 3 rings (SSSR count). The van der Waals surface area contributed by atoms with Gasteiger partial charge in [0.25, 0.3) is 0 Å². The quantitative estimate of drug-likeness (QED) is 0.576. The summed E-state index contributed by atoms with van der Waals surface area (Å²) >= 11 is 0. The van der Waals surface area contributed by atoms with E-state index in [2.05, 4.69) is 21.7 Å². The standard InChI is InChI=1S/C25H28FN3O/c1-17-15-21(12-13-22(17)26)23(14-11-19-10-9-18(2)28-16-19)29-24(25(30)27-3)20-7-5-4-6-8-20/h4-10,12-13,15-16,23-24,29H,11,14H2,1-3H3,(H,27,30)/t23-,24-/m1/s1. The van der Waals surface area contributed by atoms with Gasteiger partial charge in [-0.3, -0.25) is 15.1 Å². The summed E-state index contributed by atoms with van der Waals surface area (Å²) in [5.74, 6) is -0.340. The molecule has 2 atom stereocenters. The summed E-state index contributed by atoms with van der Waals surface area (Å²) in [5.41, 5.74) is 4.54. The summed E-state index contributed by atoms with van der Waals surface area (Å²) in [4.78, 5) is 17.0. The van der Waals surface area contributed by atoms with E-state index in [0.717, 1.165) is 35.2 Å². The van der Waals surface area contributed by atoms with E-state index in [9.17, 15) is 9.18 Å². The van der Waals surface area contributed by atoms with E-state index in [-0.39, 0.29) is 17.8 Å². The Bertz CT molecular complexity index is 973. The average Bonchev–Trinajstić information content (AvgIpc) is 2.77. The first kappa shape index (κ1) is 21.7. The number of pyridine rings is 1. The maximum absolute atomic E-state index is 13.9. The predicted molar refractivity (Wildman–Crippen MR) is 118 cm³/mol. The molecule has 0 aliphatic rings. The number of carbonyl (C=O) groups excluding carboxylic acids is 1. The molecule has 3 aromatic rings. The van der Waals surface area contributed by atoms with Gasteiger partial charge in [0.15, 0.2) is 0 Å². The Hall–Kier alpha value is -3.05. The number of rotatable bonds is 8. The third-order valence-corrected chi connectivity index (χ3v) is 5.29. The van der Waals surface area contributed by atoms with E-state index in [4.69, 9.17) is 0 Å². The second-order valence-corrected chi connectivity index (χ2v) is 7.53. The number of nitrogens with one attached hydrogen (secondary N) is 2. The Balaban J connectivity index is 1.89. The highest BCUT2D eigenvalue weighted by atomic mass is 19.1. The molecule has 0 radical (unpaired) electrons. The lowest BCUT2D eigenvalue weighted by atomic mass is 9.95. The van der Waals surface area contributed by atoms with E-state index >= 15 is 0 Å². The number of hydrogen-bond acceptors (Lipinski definition) is 3. The van der Waals surface area contributed by atoms with Crippen LogP contribution in [0.1, 0.15) is 46.5 Å². The Morgan fingerprint density at radius 1 is 1.03 bits per heavy atom. The SMILES string of the molecule is CNC(=O)[C@H](N[C@H](CCc1ccc(C)nc1)c1ccc(F)c(C)c1)c1ccccc1. The van der Waals surface area contributed by atoms with Gasteiger partial charge in [-0.15, -0.1) is 0 Å². The van der Waals surface area contributed by atoms with Crippen molar-refractivity contribution < 1.29 is 9.18 Å². The molecule has 1 heterocycles. The molecule has 0 saturated heterocycles. The van der Waals surface area contributed by atoms with Crippen LogP contribution < -0.4 is 10.6 Å². The Kier molecular flexibility index (Phi) is 7.31. The summed E-state index contributed by atoms with van der Waals surface area (Å²) in [5, 5.41) is 6.26. The third kappa shape index (κ3) is 5.51. The molecule has 0 unspecified atom stereocenters. The maximum atomic E-state index is 13.9. The largest absolute Gasteiger partial charge is 0.358 e. The van der Waals surface area contributed by atoms with E-state index in [1.54, 1.807) is 20.0 Å². The van der Waals surface area contributed by atoms with Crippen molar-refractivity contribution in [2.75, 3.05) is 7.05 Å². The summed E-state index contributed by atoms with van der Waals surface area (Å²) in [6.45, 7) is 3.72. The van der Waals surface area contributed by atoms with Gasteiger partial charge in [0.1, 0.15) is 11.9 Å². The molecule has 4 nitrogen and oxygen atoms in total. The molecule has 2 aromatic carbocycles. The van der Waals surface area contributed by atoms with Crippen LogP contribution in [-0.4, -0.2) is 17.9 Å². The number of amides is 1. The number of benzene rings is 2. The zero-order chi connectivity index (χ0) is 21.5. The second kappa shape index (κ2) is 10.1. The minimum absolute atomic E-state index is 0.109. The molecule has 0 spiro atoms. The Labute approximate surface area is 177 Å². The zero-order valence-electron chi connectivity index (χ0n) is 17.7. The molecular weight excluding hydrogens is 377 g/mol. The van der Waals surface area contributed by atoms with Crippen molar-refractivity contribution in [3.8, 4) is 0 Å². The van der Waals surface area contributed by atoms with Gasteiger partial charge in [-0.25, -0.2) is 4.39 Å². The van der Waals surface area contributed by atoms with Crippen LogP contribution in [0.5, 0.6) is 0 Å². The lowest BCUT2D eigenvalue weighted by Crippen LogP contribution is -2.38. The molecular formula is C25H28FN3O. The first-order valence-electron chi connectivity index (χ1n) is 10.2. The summed E-state index contributed by atoms with van der Waals surface area (Å²) in [6, 6.07) is 18.2. The van der Waals surface area contributed by atoms with Gasteiger partial charge in [0.05, 0.1) is 0 Å². The molecule has 0 fully saturated rings. The number of nitrogens with zero attached hydrogens (tertiary/aromatic N) is 1. The molecule has 5 heteroatoms. The third-order valence-electron chi connectivity index (χ3n) is 5.29. The van der Waals surface area contributed by atoms with Crippen LogP contribution in [0.25, 0.3) is 0 Å². The van der Waals surface area contributed by atoms with Gasteiger partial charge < -0.3 is 5.32 Å². The Morgan fingerprint density at radius 3 is 2.43 bits per heavy atom. The van der Waals surface area contributed by atoms with Crippen molar-refractivity contribution in [1.82, 2.24) is 15.6 Å². The molecule has 0 saturated carbocycles. The molecule has 2 N–H and O–H groups in total. The smallest absolute Gasteiger partial charge is 0.241 e. The van der Waals surface area contributed by atoms with E-state index in [0.29, 0.717) is 5.56 Å². The van der Waals surface area contributed by atoms with Gasteiger partial charge in [-0.1, -0.05) is 48.5 Å². The van der Waals surface area contributed by atoms with E-state index < -0.39 is 6.04 Å². The molecule has 156 valence electrons. The summed E-state index contributed by atoms with van der Waals surface area (Å²) in [7, 11) is 1.63. The van der Waals surface area contributed by atoms with Crippen LogP contribution in [0.3, 0.4) is 0 Å². The fourth-order valence-corrected chi connectivity index (χ4v) is 3.50. The molecule has 0 bridgehead atoms. The van der Waals surface area contributed by atoms with Gasteiger partial charge in [-0.2, -0.15) is 0 Å². The average molecular weight is 406 g/mol. The topological polar surface area (TPSA) is 54.0 Å². The predicted octanol–water partition coefficient (Wildman–Crippen LogP) is 4.59. The molecule has 0 aliphatic heterocycles. The number of hydrogen-bond donors (Lipinski definition) is 2. The fourth-order valence-electron chi connectivity index (χ4n) is 3.50. The molecule has 1 aromatic heterocycles. The van der Waals surface area contributed by atoms with Crippen LogP contribution in [0.2, 0.25) is 0 Å². The van der Waals surface area contributed by atoms with Crippen LogP contribution in [0, 0.1) is 19.7 Å². The summed E-state index contributed by atoms with van der Waals surface area (Å²) < 4.78 is 13.9. The van der Waals surface area contributed by atoms with Crippen LogP contribution in [-0.2, 0) is 11.2 Å². The number of aryl methyl sites for hydroxylation is 3. The normalized spacial score (nSPS) is 12.9. The number of halogens is 1. The highest BCUT2D eigenvalue weighted by molar-refractivity contribution is 5.83. The molecule has 0 aliphatic carbocycles. The minimum Gasteiger partial charge on any atom is -0.358 e. The highest BCUT2D eigenvalue weighted by Crippen LogP contribution is 2.26. The van der Waals surface area contributed by atoms with E-state index in [1.807, 2.05) is 55.6 Å². The zero-order valence-corrected chi connectivity index (χ0v) is 17.7.